The molecule has 0 unspecified atom stereocenters. The second kappa shape index (κ2) is 5.70. The third-order valence-corrected chi connectivity index (χ3v) is 4.75. The Hall–Kier alpha value is -0.770. The SMILES string of the molecule is Cc1c(Br)cc(S(=O)(=O)O)c([N+]#N)c1S(=O)(=O)O.[Cl-]. The van der Waals surface area contributed by atoms with Gasteiger partial charge in [-0.05, 0) is 18.6 Å². The monoisotopic (exact) mass is 392 g/mol. The zero-order chi connectivity index (χ0) is 14.3. The lowest BCUT2D eigenvalue weighted by atomic mass is 10.2. The molecule has 0 saturated heterocycles. The molecular weight excluding hydrogens is 388 g/mol. The molecule has 0 heterocycles. The Kier molecular flexibility index (Phi) is 5.46. The zero-order valence-electron chi connectivity index (χ0n) is 9.07. The Morgan fingerprint density at radius 2 is 1.68 bits per heavy atom. The molecule has 0 aliphatic carbocycles. The summed E-state index contributed by atoms with van der Waals surface area (Å²) in [7, 11) is -9.67. The van der Waals surface area contributed by atoms with Crippen LogP contribution in [0.2, 0.25) is 0 Å². The molecule has 0 saturated carbocycles. The summed E-state index contributed by atoms with van der Waals surface area (Å²) >= 11 is 2.87. The van der Waals surface area contributed by atoms with Crippen LogP contribution in [0.5, 0.6) is 0 Å². The largest absolute Gasteiger partial charge is 1.00 e. The number of hydrogen-bond acceptors (Lipinski definition) is 5. The van der Waals surface area contributed by atoms with E-state index < -0.39 is 35.7 Å². The van der Waals surface area contributed by atoms with Crippen LogP contribution in [-0.4, -0.2) is 25.9 Å². The summed E-state index contributed by atoms with van der Waals surface area (Å²) in [6.07, 6.45) is 0. The molecule has 0 amide bonds. The van der Waals surface area contributed by atoms with Crippen LogP contribution in [0.15, 0.2) is 20.3 Å². The number of benzene rings is 1. The van der Waals surface area contributed by atoms with Gasteiger partial charge < -0.3 is 12.4 Å². The first-order valence-corrected chi connectivity index (χ1v) is 7.80. The maximum Gasteiger partial charge on any atom is 0.427 e. The van der Waals surface area contributed by atoms with E-state index in [1.54, 1.807) is 0 Å². The Morgan fingerprint density at radius 1 is 1.21 bits per heavy atom. The third kappa shape index (κ3) is 3.62. The van der Waals surface area contributed by atoms with Gasteiger partial charge in [0.05, 0.1) is 0 Å². The third-order valence-electron chi connectivity index (χ3n) is 2.04. The van der Waals surface area contributed by atoms with Gasteiger partial charge in [0, 0.05) is 4.47 Å². The predicted molar refractivity (Wildman–Crippen MR) is 63.3 cm³/mol. The van der Waals surface area contributed by atoms with E-state index in [0.29, 0.717) is 0 Å². The van der Waals surface area contributed by atoms with Crippen molar-refractivity contribution in [3.63, 3.8) is 0 Å². The number of halogens is 2. The van der Waals surface area contributed by atoms with E-state index in [9.17, 15) is 16.8 Å². The van der Waals surface area contributed by atoms with Gasteiger partial charge in [0.1, 0.15) is 0 Å². The summed E-state index contributed by atoms with van der Waals surface area (Å²) in [5, 5.41) is 8.70. The summed E-state index contributed by atoms with van der Waals surface area (Å²) in [6.45, 7) is 1.25. The van der Waals surface area contributed by atoms with Crippen LogP contribution in [-0.2, 0) is 20.2 Å². The van der Waals surface area contributed by atoms with Crippen LogP contribution in [0.1, 0.15) is 5.56 Å². The Balaban J connectivity index is 0.00000324. The predicted octanol–water partition coefficient (Wildman–Crippen LogP) is -1.26. The van der Waals surface area contributed by atoms with E-state index in [1.165, 1.54) is 6.92 Å². The fraction of sp³-hybridized carbons (Fsp3) is 0.143. The summed E-state index contributed by atoms with van der Waals surface area (Å²) in [6, 6.07) is 0.856. The minimum absolute atomic E-state index is 0. The van der Waals surface area contributed by atoms with Gasteiger partial charge in [-0.15, -0.1) is 0 Å². The number of hydrogen-bond donors (Lipinski definition) is 2. The summed E-state index contributed by atoms with van der Waals surface area (Å²) in [5.74, 6) is 0. The van der Waals surface area contributed by atoms with Crippen LogP contribution in [0.3, 0.4) is 0 Å². The topological polar surface area (TPSA) is 137 Å². The quantitative estimate of drug-likeness (QED) is 0.472. The van der Waals surface area contributed by atoms with E-state index in [-0.39, 0.29) is 22.4 Å². The van der Waals surface area contributed by atoms with Gasteiger partial charge in [-0.25, -0.2) is 0 Å². The normalized spacial score (nSPS) is 11.5. The first-order valence-electron chi connectivity index (χ1n) is 4.13. The van der Waals surface area contributed by atoms with E-state index in [0.717, 1.165) is 6.07 Å². The van der Waals surface area contributed by atoms with Gasteiger partial charge >= 0.3 is 25.9 Å². The molecule has 1 aromatic rings. The van der Waals surface area contributed by atoms with Crippen LogP contribution in [0.25, 0.3) is 4.98 Å². The molecule has 106 valence electrons. The average Bonchev–Trinajstić information content (AvgIpc) is 2.17. The smallest absolute Gasteiger partial charge is 0.427 e. The van der Waals surface area contributed by atoms with Crippen molar-refractivity contribution in [3.8, 4) is 0 Å². The lowest BCUT2D eigenvalue weighted by Gasteiger charge is -2.04. The molecule has 19 heavy (non-hydrogen) atoms. The van der Waals surface area contributed by atoms with E-state index in [1.807, 2.05) is 0 Å². The van der Waals surface area contributed by atoms with Crippen LogP contribution >= 0.6 is 15.9 Å². The van der Waals surface area contributed by atoms with Gasteiger partial charge in [-0.3, -0.25) is 9.11 Å². The molecule has 0 aliphatic rings. The van der Waals surface area contributed by atoms with E-state index >= 15 is 0 Å². The molecule has 0 aliphatic heterocycles. The van der Waals surface area contributed by atoms with Crippen molar-refractivity contribution in [3.05, 3.63) is 21.1 Å². The van der Waals surface area contributed by atoms with Crippen molar-refractivity contribution < 1.29 is 38.3 Å². The first-order chi connectivity index (χ1) is 8.00. The Labute approximate surface area is 123 Å². The van der Waals surface area contributed by atoms with Gasteiger partial charge in [-0.2, -0.15) is 16.8 Å². The highest BCUT2D eigenvalue weighted by atomic mass is 79.9. The molecule has 12 heteroatoms. The fourth-order valence-corrected chi connectivity index (χ4v) is 3.62. The second-order valence-corrected chi connectivity index (χ2v) is 6.81. The molecule has 0 atom stereocenters. The molecule has 8 nitrogen and oxygen atoms in total. The number of nitrogens with zero attached hydrogens (tertiary/aromatic N) is 2. The maximum absolute atomic E-state index is 11.2. The Morgan fingerprint density at radius 3 is 2.00 bits per heavy atom. The second-order valence-electron chi connectivity index (χ2n) is 3.21. The lowest BCUT2D eigenvalue weighted by Crippen LogP contribution is -3.00. The van der Waals surface area contributed by atoms with Crippen molar-refractivity contribution in [1.29, 1.82) is 5.39 Å². The van der Waals surface area contributed by atoms with Crippen molar-refractivity contribution in [2.75, 3.05) is 0 Å². The van der Waals surface area contributed by atoms with Crippen molar-refractivity contribution in [2.24, 2.45) is 0 Å². The standard InChI is InChI=1S/C7H5BrN2O6S2.ClH/c1-3-4(8)2-5(17(11,12)13)6(10-9)7(3)18(14,15)16;/h2H,1H3,(H-,11,12,13,14,15,16);1H. The zero-order valence-corrected chi connectivity index (χ0v) is 13.0. The minimum Gasteiger partial charge on any atom is -1.00 e. The number of diazo groups is 1. The maximum atomic E-state index is 11.2. The molecule has 0 radical (unpaired) electrons. The number of rotatable bonds is 2. The van der Waals surface area contributed by atoms with Gasteiger partial charge in [0.2, 0.25) is 5.39 Å². The van der Waals surface area contributed by atoms with Crippen molar-refractivity contribution >= 4 is 41.9 Å². The molecule has 1 aromatic carbocycles. The molecule has 0 bridgehead atoms. The van der Waals surface area contributed by atoms with Crippen LogP contribution < -0.4 is 12.4 Å². The molecular formula is C7H6BrClN2O6S2. The van der Waals surface area contributed by atoms with Gasteiger partial charge in [-0.1, -0.05) is 15.9 Å². The summed E-state index contributed by atoms with van der Waals surface area (Å²) in [4.78, 5) is 0.647. The Bertz CT molecular complexity index is 768. The molecule has 2 N–H and O–H groups in total. The lowest BCUT2D eigenvalue weighted by molar-refractivity contribution is -0.0000123. The van der Waals surface area contributed by atoms with E-state index in [4.69, 9.17) is 14.5 Å². The summed E-state index contributed by atoms with van der Waals surface area (Å²) < 4.78 is 62.3. The first kappa shape index (κ1) is 18.2. The van der Waals surface area contributed by atoms with Crippen molar-refractivity contribution in [2.45, 2.75) is 16.7 Å². The minimum atomic E-state index is -4.84. The summed E-state index contributed by atoms with van der Waals surface area (Å²) in [5.41, 5.74) is -1.03. The molecule has 0 fully saturated rings. The molecule has 0 aromatic heterocycles. The van der Waals surface area contributed by atoms with Crippen LogP contribution in [0.4, 0.5) is 5.69 Å². The van der Waals surface area contributed by atoms with Gasteiger partial charge in [0.15, 0.2) is 14.8 Å². The van der Waals surface area contributed by atoms with E-state index in [2.05, 4.69) is 20.9 Å². The van der Waals surface area contributed by atoms with Crippen LogP contribution in [0, 0.1) is 12.3 Å². The highest BCUT2D eigenvalue weighted by molar-refractivity contribution is 9.10. The highest BCUT2D eigenvalue weighted by Gasteiger charge is 2.37. The average molecular weight is 394 g/mol. The highest BCUT2D eigenvalue weighted by Crippen LogP contribution is 2.38. The fourth-order valence-electron chi connectivity index (χ4n) is 1.30. The van der Waals surface area contributed by atoms with Crippen molar-refractivity contribution in [1.82, 2.24) is 0 Å². The molecule has 0 spiro atoms. The molecule has 1 rings (SSSR count). The van der Waals surface area contributed by atoms with Gasteiger partial charge in [0.25, 0.3) is 0 Å².